The topological polar surface area (TPSA) is 138 Å². The van der Waals surface area contributed by atoms with Crippen molar-refractivity contribution in [3.05, 3.63) is 59.4 Å². The molecule has 0 unspecified atom stereocenters. The van der Waals surface area contributed by atoms with Gasteiger partial charge in [-0.25, -0.2) is 4.39 Å². The molecule has 0 amide bonds. The summed E-state index contributed by atoms with van der Waals surface area (Å²) >= 11 is 0. The number of para-hydroxylation sites is 1. The van der Waals surface area contributed by atoms with Crippen LogP contribution in [-0.4, -0.2) is 61.3 Å². The molecule has 0 bridgehead atoms. The van der Waals surface area contributed by atoms with Crippen LogP contribution in [0.25, 0.3) is 0 Å². The van der Waals surface area contributed by atoms with Crippen molar-refractivity contribution in [2.75, 3.05) is 62.3 Å². The Labute approximate surface area is 208 Å². The number of nitrogens with one attached hydrogen (secondary N) is 3. The highest BCUT2D eigenvalue weighted by atomic mass is 19.1. The summed E-state index contributed by atoms with van der Waals surface area (Å²) in [6.45, 7) is 3.97. The smallest absolute Gasteiger partial charge is 0.231 e. The van der Waals surface area contributed by atoms with E-state index in [1.165, 1.54) is 12.1 Å². The zero-order valence-corrected chi connectivity index (χ0v) is 19.8. The van der Waals surface area contributed by atoms with Crippen molar-refractivity contribution in [2.24, 2.45) is 5.73 Å². The number of aromatic nitrogens is 3. The molecule has 0 saturated heterocycles. The number of halogens is 1. The minimum absolute atomic E-state index is 0.199. The van der Waals surface area contributed by atoms with Gasteiger partial charge < -0.3 is 40.6 Å². The van der Waals surface area contributed by atoms with Gasteiger partial charge in [-0.3, -0.25) is 0 Å². The highest BCUT2D eigenvalue weighted by Crippen LogP contribution is 2.35. The Balaban J connectivity index is 1.37. The standard InChI is InChI=1S/C24H30FN7O4/c25-19-6-4-17(5-7-19)14-28-23-30-22(27-9-11-34-13-12-33-10-8-26)31-24(32-23)29-15-18-2-1-3-20-21(18)36-16-35-20/h1-7H,8-16,26H2,(H3,27,28,29,30,31,32). The van der Waals surface area contributed by atoms with Crippen LogP contribution in [0.2, 0.25) is 0 Å². The van der Waals surface area contributed by atoms with Crippen LogP contribution in [-0.2, 0) is 22.6 Å². The highest BCUT2D eigenvalue weighted by molar-refractivity contribution is 5.50. The normalized spacial score (nSPS) is 11.9. The molecule has 4 rings (SSSR count). The number of hydrogen-bond acceptors (Lipinski definition) is 11. The summed E-state index contributed by atoms with van der Waals surface area (Å²) in [6.07, 6.45) is 0. The Morgan fingerprint density at radius 3 is 2.25 bits per heavy atom. The van der Waals surface area contributed by atoms with Gasteiger partial charge in [-0.05, 0) is 23.8 Å². The molecule has 0 atom stereocenters. The van der Waals surface area contributed by atoms with Crippen LogP contribution < -0.4 is 31.2 Å². The van der Waals surface area contributed by atoms with Crippen molar-refractivity contribution < 1.29 is 23.3 Å². The number of fused-ring (bicyclic) bond motifs is 1. The zero-order valence-electron chi connectivity index (χ0n) is 19.8. The van der Waals surface area contributed by atoms with Crippen LogP contribution in [0.15, 0.2) is 42.5 Å². The second-order valence-corrected chi connectivity index (χ2v) is 7.73. The van der Waals surface area contributed by atoms with E-state index >= 15 is 0 Å². The van der Waals surface area contributed by atoms with Gasteiger partial charge in [0.2, 0.25) is 24.6 Å². The van der Waals surface area contributed by atoms with Gasteiger partial charge in [0, 0.05) is 31.7 Å². The lowest BCUT2D eigenvalue weighted by Gasteiger charge is -2.12. The molecule has 192 valence electrons. The summed E-state index contributed by atoms with van der Waals surface area (Å²) in [5.74, 6) is 2.26. The SMILES string of the molecule is NCCOCCOCCNc1nc(NCc2ccc(F)cc2)nc(NCc2cccc3c2OCO3)n1. The van der Waals surface area contributed by atoms with E-state index in [0.29, 0.717) is 82.0 Å². The van der Waals surface area contributed by atoms with E-state index in [2.05, 4.69) is 30.9 Å². The Bertz CT molecular complexity index is 1100. The third kappa shape index (κ3) is 7.63. The molecule has 0 spiro atoms. The second-order valence-electron chi connectivity index (χ2n) is 7.73. The van der Waals surface area contributed by atoms with E-state index in [-0.39, 0.29) is 12.6 Å². The molecule has 2 heterocycles. The summed E-state index contributed by atoms with van der Waals surface area (Å²) in [6, 6.07) is 11.9. The molecule has 0 aliphatic carbocycles. The fourth-order valence-electron chi connectivity index (χ4n) is 3.34. The van der Waals surface area contributed by atoms with E-state index in [4.69, 9.17) is 24.7 Å². The molecule has 11 nitrogen and oxygen atoms in total. The van der Waals surface area contributed by atoms with Crippen molar-refractivity contribution in [3.63, 3.8) is 0 Å². The van der Waals surface area contributed by atoms with Crippen molar-refractivity contribution in [1.29, 1.82) is 0 Å². The molecule has 1 aliphatic rings. The van der Waals surface area contributed by atoms with Crippen LogP contribution in [0, 0.1) is 5.82 Å². The van der Waals surface area contributed by atoms with Gasteiger partial charge in [0.05, 0.1) is 26.4 Å². The molecule has 0 saturated carbocycles. The molecule has 5 N–H and O–H groups in total. The molecule has 0 radical (unpaired) electrons. The highest BCUT2D eigenvalue weighted by Gasteiger charge is 2.17. The number of ether oxygens (including phenoxy) is 4. The molecule has 0 fully saturated rings. The monoisotopic (exact) mass is 499 g/mol. The summed E-state index contributed by atoms with van der Waals surface area (Å²) in [5.41, 5.74) is 7.20. The molecular formula is C24H30FN7O4. The fraction of sp³-hybridized carbons (Fsp3) is 0.375. The fourth-order valence-corrected chi connectivity index (χ4v) is 3.34. The predicted molar refractivity (Wildman–Crippen MR) is 133 cm³/mol. The van der Waals surface area contributed by atoms with Crippen LogP contribution in [0.3, 0.4) is 0 Å². The number of rotatable bonds is 15. The molecular weight excluding hydrogens is 469 g/mol. The van der Waals surface area contributed by atoms with Gasteiger partial charge in [0.15, 0.2) is 11.5 Å². The molecule has 1 aromatic heterocycles. The Kier molecular flexibility index (Phi) is 9.42. The first kappa shape index (κ1) is 25.4. The first-order valence-corrected chi connectivity index (χ1v) is 11.7. The third-order valence-electron chi connectivity index (χ3n) is 5.08. The summed E-state index contributed by atoms with van der Waals surface area (Å²) in [4.78, 5) is 13.4. The van der Waals surface area contributed by atoms with Gasteiger partial charge in [-0.1, -0.05) is 24.3 Å². The van der Waals surface area contributed by atoms with E-state index in [1.54, 1.807) is 12.1 Å². The van der Waals surface area contributed by atoms with Gasteiger partial charge in [-0.15, -0.1) is 0 Å². The maximum Gasteiger partial charge on any atom is 0.231 e. The average molecular weight is 500 g/mol. The van der Waals surface area contributed by atoms with Crippen molar-refractivity contribution in [3.8, 4) is 11.5 Å². The van der Waals surface area contributed by atoms with E-state index in [9.17, 15) is 4.39 Å². The minimum Gasteiger partial charge on any atom is -0.454 e. The second kappa shape index (κ2) is 13.4. The first-order valence-electron chi connectivity index (χ1n) is 11.7. The maximum absolute atomic E-state index is 13.2. The van der Waals surface area contributed by atoms with Crippen LogP contribution in [0.1, 0.15) is 11.1 Å². The van der Waals surface area contributed by atoms with Crippen molar-refractivity contribution in [1.82, 2.24) is 15.0 Å². The summed E-state index contributed by atoms with van der Waals surface area (Å²) in [5, 5.41) is 9.54. The third-order valence-corrected chi connectivity index (χ3v) is 5.08. The Morgan fingerprint density at radius 1 is 0.806 bits per heavy atom. The lowest BCUT2D eigenvalue weighted by molar-refractivity contribution is 0.0547. The molecule has 36 heavy (non-hydrogen) atoms. The Morgan fingerprint density at radius 2 is 1.50 bits per heavy atom. The number of nitrogens with zero attached hydrogens (tertiary/aromatic N) is 3. The van der Waals surface area contributed by atoms with Crippen molar-refractivity contribution in [2.45, 2.75) is 13.1 Å². The maximum atomic E-state index is 13.2. The average Bonchev–Trinajstić information content (AvgIpc) is 3.38. The molecule has 12 heteroatoms. The number of nitrogens with two attached hydrogens (primary N) is 1. The molecule has 3 aromatic rings. The quantitative estimate of drug-likeness (QED) is 0.229. The van der Waals surface area contributed by atoms with Gasteiger partial charge in [0.25, 0.3) is 0 Å². The lowest BCUT2D eigenvalue weighted by Crippen LogP contribution is -2.17. The van der Waals surface area contributed by atoms with Gasteiger partial charge >= 0.3 is 0 Å². The van der Waals surface area contributed by atoms with E-state index < -0.39 is 0 Å². The minimum atomic E-state index is -0.285. The van der Waals surface area contributed by atoms with Crippen LogP contribution in [0.5, 0.6) is 11.5 Å². The first-order chi connectivity index (χ1) is 17.7. The van der Waals surface area contributed by atoms with Crippen molar-refractivity contribution >= 4 is 17.8 Å². The van der Waals surface area contributed by atoms with Gasteiger partial charge in [0.1, 0.15) is 5.82 Å². The largest absolute Gasteiger partial charge is 0.454 e. The number of benzene rings is 2. The summed E-state index contributed by atoms with van der Waals surface area (Å²) < 4.78 is 35.0. The molecule has 2 aromatic carbocycles. The van der Waals surface area contributed by atoms with E-state index in [0.717, 1.165) is 11.1 Å². The predicted octanol–water partition coefficient (Wildman–Crippen LogP) is 2.37. The van der Waals surface area contributed by atoms with Crippen LogP contribution in [0.4, 0.5) is 22.2 Å². The molecule has 1 aliphatic heterocycles. The lowest BCUT2D eigenvalue weighted by atomic mass is 10.2. The summed E-state index contributed by atoms with van der Waals surface area (Å²) in [7, 11) is 0. The number of hydrogen-bond donors (Lipinski definition) is 4. The van der Waals surface area contributed by atoms with E-state index in [1.807, 2.05) is 18.2 Å². The Hall–Kier alpha value is -3.74. The van der Waals surface area contributed by atoms with Gasteiger partial charge in [-0.2, -0.15) is 15.0 Å². The van der Waals surface area contributed by atoms with Crippen LogP contribution >= 0.6 is 0 Å². The zero-order chi connectivity index (χ0) is 25.0. The number of anilines is 3.